The summed E-state index contributed by atoms with van der Waals surface area (Å²) in [5.74, 6) is 0.312. The zero-order valence-corrected chi connectivity index (χ0v) is 14.4. The molecule has 112 valence electrons. The van der Waals surface area contributed by atoms with Gasteiger partial charge in [-0.25, -0.2) is 0 Å². The fourth-order valence-electron chi connectivity index (χ4n) is 1.75. The van der Waals surface area contributed by atoms with E-state index in [1.54, 1.807) is 12.1 Å². The molecule has 0 spiro atoms. The molecule has 0 amide bonds. The van der Waals surface area contributed by atoms with Crippen LogP contribution in [-0.4, -0.2) is 19.5 Å². The van der Waals surface area contributed by atoms with Gasteiger partial charge in [-0.2, -0.15) is 0 Å². The Balaban J connectivity index is 2.60. The second kappa shape index (κ2) is 6.59. The van der Waals surface area contributed by atoms with Crippen LogP contribution in [-0.2, 0) is 10.8 Å². The van der Waals surface area contributed by atoms with Gasteiger partial charge < -0.3 is 9.53 Å². The lowest BCUT2D eigenvalue weighted by molar-refractivity contribution is 0.215. The molecule has 20 heavy (non-hydrogen) atoms. The molecule has 1 aromatic carbocycles. The molecule has 1 unspecified atom stereocenters. The molecule has 1 N–H and O–H groups in total. The summed E-state index contributed by atoms with van der Waals surface area (Å²) in [4.78, 5) is 0. The van der Waals surface area contributed by atoms with Gasteiger partial charge >= 0.3 is 0 Å². The van der Waals surface area contributed by atoms with Crippen LogP contribution in [0, 0.1) is 0 Å². The summed E-state index contributed by atoms with van der Waals surface area (Å²) in [5.41, 5.74) is 1.22. The maximum Gasteiger partial charge on any atom is 0.192 e. The van der Waals surface area contributed by atoms with Crippen LogP contribution in [0.3, 0.4) is 0 Å². The predicted molar refractivity (Wildman–Crippen MR) is 88.7 cm³/mol. The van der Waals surface area contributed by atoms with E-state index in [0.29, 0.717) is 5.75 Å². The summed E-state index contributed by atoms with van der Waals surface area (Å²) in [5, 5.41) is 9.50. The van der Waals surface area contributed by atoms with Crippen LogP contribution in [0.2, 0.25) is 18.1 Å². The van der Waals surface area contributed by atoms with Gasteiger partial charge in [0.25, 0.3) is 0 Å². The monoisotopic (exact) mass is 292 g/mol. The van der Waals surface area contributed by atoms with Crippen molar-refractivity contribution in [1.29, 1.82) is 0 Å². The minimum absolute atomic E-state index is 0.102. The molecule has 0 aliphatic carbocycles. The van der Waals surface area contributed by atoms with Crippen LogP contribution >= 0.6 is 0 Å². The Kier molecular flexibility index (Phi) is 5.60. The van der Waals surface area contributed by atoms with E-state index in [4.69, 9.17) is 4.43 Å². The number of aryl methyl sites for hydroxylation is 1. The van der Waals surface area contributed by atoms with Gasteiger partial charge in [0.2, 0.25) is 0 Å². The average molecular weight is 292 g/mol. The third-order valence-corrected chi connectivity index (χ3v) is 8.67. The Bertz CT molecular complexity index is 429. The van der Waals surface area contributed by atoms with Crippen molar-refractivity contribution in [2.45, 2.75) is 57.8 Å². The number of phenolic OH excluding ortho intramolecular Hbond substituents is 1. The Morgan fingerprint density at radius 3 is 2.25 bits per heavy atom. The zero-order chi connectivity index (χ0) is 15.4. The van der Waals surface area contributed by atoms with Gasteiger partial charge in [-0.1, -0.05) is 39.0 Å². The van der Waals surface area contributed by atoms with E-state index in [-0.39, 0.29) is 11.1 Å². The molecule has 2 nitrogen and oxygen atoms in total. The lowest BCUT2D eigenvalue weighted by Crippen LogP contribution is -2.43. The number of rotatable bonds is 6. The van der Waals surface area contributed by atoms with Crippen molar-refractivity contribution in [1.82, 2.24) is 0 Å². The average Bonchev–Trinajstić information content (AvgIpc) is 2.35. The van der Waals surface area contributed by atoms with Gasteiger partial charge in [0.15, 0.2) is 8.32 Å². The number of benzene rings is 1. The van der Waals surface area contributed by atoms with E-state index in [0.717, 1.165) is 12.8 Å². The van der Waals surface area contributed by atoms with Crippen LogP contribution in [0.4, 0.5) is 0 Å². The summed E-state index contributed by atoms with van der Waals surface area (Å²) in [6.07, 6.45) is 3.89. The van der Waals surface area contributed by atoms with Crippen molar-refractivity contribution in [3.8, 4) is 5.75 Å². The van der Waals surface area contributed by atoms with Gasteiger partial charge in [0.05, 0.1) is 6.10 Å². The quantitative estimate of drug-likeness (QED) is 0.597. The molecule has 0 aliphatic rings. The number of hydrogen-bond donors (Lipinski definition) is 1. The molecule has 0 radical (unpaired) electrons. The molecular formula is C17H28O2Si. The molecule has 0 aliphatic heterocycles. The van der Waals surface area contributed by atoms with Crippen molar-refractivity contribution in [2.24, 2.45) is 0 Å². The van der Waals surface area contributed by atoms with E-state index < -0.39 is 8.32 Å². The summed E-state index contributed by atoms with van der Waals surface area (Å²) in [6, 6.07) is 7.38. The highest BCUT2D eigenvalue weighted by Gasteiger charge is 2.38. The van der Waals surface area contributed by atoms with Gasteiger partial charge in [-0.05, 0) is 48.7 Å². The third kappa shape index (κ3) is 4.80. The fraction of sp³-hybridized carbons (Fsp3) is 0.529. The fourth-order valence-corrected chi connectivity index (χ4v) is 3.08. The van der Waals surface area contributed by atoms with E-state index in [2.05, 4.69) is 40.4 Å². The largest absolute Gasteiger partial charge is 0.508 e. The highest BCUT2D eigenvalue weighted by molar-refractivity contribution is 6.74. The van der Waals surface area contributed by atoms with Crippen LogP contribution in [0.5, 0.6) is 5.75 Å². The molecular weight excluding hydrogens is 264 g/mol. The molecule has 1 aromatic rings. The minimum atomic E-state index is -1.75. The summed E-state index contributed by atoms with van der Waals surface area (Å²) >= 11 is 0. The topological polar surface area (TPSA) is 29.5 Å². The Hall–Kier alpha value is -1.06. The molecule has 0 heterocycles. The zero-order valence-electron chi connectivity index (χ0n) is 13.4. The van der Waals surface area contributed by atoms with Crippen LogP contribution in [0.15, 0.2) is 36.9 Å². The molecule has 1 rings (SSSR count). The first-order valence-corrected chi connectivity index (χ1v) is 10.1. The Labute approximate surface area is 124 Å². The molecule has 0 saturated heterocycles. The van der Waals surface area contributed by atoms with Crippen molar-refractivity contribution in [3.63, 3.8) is 0 Å². The lowest BCUT2D eigenvalue weighted by atomic mass is 10.1. The van der Waals surface area contributed by atoms with Crippen molar-refractivity contribution >= 4 is 8.32 Å². The van der Waals surface area contributed by atoms with Crippen LogP contribution < -0.4 is 0 Å². The SMILES string of the molecule is C=CC(CCc1ccc(O)cc1)O[Si](C)(C)C(C)(C)C. The highest BCUT2D eigenvalue weighted by atomic mass is 28.4. The van der Waals surface area contributed by atoms with Gasteiger partial charge in [-0.15, -0.1) is 6.58 Å². The number of phenols is 1. The van der Waals surface area contributed by atoms with Crippen molar-refractivity contribution in [2.75, 3.05) is 0 Å². The van der Waals surface area contributed by atoms with E-state index in [1.807, 2.05) is 18.2 Å². The van der Waals surface area contributed by atoms with E-state index >= 15 is 0 Å². The first kappa shape index (κ1) is 17.0. The van der Waals surface area contributed by atoms with Gasteiger partial charge in [-0.3, -0.25) is 0 Å². The second-order valence-corrected chi connectivity index (χ2v) is 11.6. The van der Waals surface area contributed by atoms with Crippen molar-refractivity contribution in [3.05, 3.63) is 42.5 Å². The second-order valence-electron chi connectivity index (χ2n) is 6.86. The summed E-state index contributed by atoms with van der Waals surface area (Å²) in [6.45, 7) is 15.2. The van der Waals surface area contributed by atoms with Crippen molar-refractivity contribution < 1.29 is 9.53 Å². The van der Waals surface area contributed by atoms with Crippen LogP contribution in [0.1, 0.15) is 32.8 Å². The minimum Gasteiger partial charge on any atom is -0.508 e. The van der Waals surface area contributed by atoms with Gasteiger partial charge in [0.1, 0.15) is 5.75 Å². The summed E-state index contributed by atoms with van der Waals surface area (Å²) < 4.78 is 6.37. The number of hydrogen-bond acceptors (Lipinski definition) is 2. The maximum atomic E-state index is 9.29. The van der Waals surface area contributed by atoms with E-state index in [9.17, 15) is 5.11 Å². The molecule has 1 atom stereocenters. The molecule has 0 aromatic heterocycles. The Morgan fingerprint density at radius 2 is 1.80 bits per heavy atom. The normalized spacial score (nSPS) is 14.1. The summed E-state index contributed by atoms with van der Waals surface area (Å²) in [7, 11) is -1.75. The molecule has 0 fully saturated rings. The smallest absolute Gasteiger partial charge is 0.192 e. The van der Waals surface area contributed by atoms with E-state index in [1.165, 1.54) is 5.56 Å². The molecule has 0 bridgehead atoms. The first-order chi connectivity index (χ1) is 9.15. The van der Waals surface area contributed by atoms with Gasteiger partial charge in [0, 0.05) is 0 Å². The first-order valence-electron chi connectivity index (χ1n) is 7.24. The van der Waals surface area contributed by atoms with Crippen LogP contribution in [0.25, 0.3) is 0 Å². The highest BCUT2D eigenvalue weighted by Crippen LogP contribution is 2.37. The standard InChI is InChI=1S/C17H28O2Si/c1-7-16(19-20(5,6)17(2,3)4)13-10-14-8-11-15(18)12-9-14/h7-9,11-12,16,18H,1,10,13H2,2-6H3. The number of aromatic hydroxyl groups is 1. The third-order valence-electron chi connectivity index (χ3n) is 4.17. The predicted octanol–water partition coefficient (Wildman–Crippen LogP) is 4.90. The Morgan fingerprint density at radius 1 is 1.25 bits per heavy atom. The maximum absolute atomic E-state index is 9.29. The molecule has 0 saturated carbocycles. The lowest BCUT2D eigenvalue weighted by Gasteiger charge is -2.38. The molecule has 3 heteroatoms.